The van der Waals surface area contributed by atoms with Gasteiger partial charge in [0.05, 0.1) is 23.8 Å². The molecule has 0 aliphatic heterocycles. The molecule has 0 N–H and O–H groups in total. The van der Waals surface area contributed by atoms with Crippen LogP contribution in [0.2, 0.25) is 0 Å². The predicted octanol–water partition coefficient (Wildman–Crippen LogP) is 12.3. The first-order valence-electron chi connectivity index (χ1n) is 23.1. The SMILES string of the molecule is Cc1ccc([PH+](c2ccc(C)cc2)c2ccc(C)cc2)cc1.Cc1ccc([PH+](c2ccc(C)cc2)c2ccc(C)cc2)cc1.Cc1ccc([PH+](c2ccc(C)cc2)c2ccc(C)cc2)cc1.[Rh]. The molecular weight excluding hydrogens is 953 g/mol. The van der Waals surface area contributed by atoms with E-state index in [2.05, 4.69) is 281 Å². The van der Waals surface area contributed by atoms with Crippen LogP contribution in [-0.2, 0) is 19.5 Å². The molecule has 4 heteroatoms. The zero-order valence-corrected chi connectivity index (χ0v) is 45.3. The van der Waals surface area contributed by atoms with Crippen molar-refractivity contribution in [3.63, 3.8) is 0 Å². The van der Waals surface area contributed by atoms with Gasteiger partial charge in [0.2, 0.25) is 0 Å². The number of rotatable bonds is 9. The van der Waals surface area contributed by atoms with Crippen molar-refractivity contribution in [2.45, 2.75) is 62.3 Å². The number of aryl methyl sites for hydroxylation is 9. The summed E-state index contributed by atoms with van der Waals surface area (Å²) in [5.41, 5.74) is 11.9. The molecule has 0 nitrogen and oxygen atoms in total. The zero-order chi connectivity index (χ0) is 46.6. The van der Waals surface area contributed by atoms with Gasteiger partial charge in [0.25, 0.3) is 0 Å². The molecule has 9 rings (SSSR count). The summed E-state index contributed by atoms with van der Waals surface area (Å²) in [6.07, 6.45) is 0. The summed E-state index contributed by atoms with van der Waals surface area (Å²) < 4.78 is 0. The molecular formula is C63H66P3Rh+3. The van der Waals surface area contributed by atoms with Crippen molar-refractivity contribution >= 4 is 71.5 Å². The smallest absolute Gasteiger partial charge is 0.0554 e. The molecule has 339 valence electrons. The maximum absolute atomic E-state index is 2.29. The van der Waals surface area contributed by atoms with Crippen molar-refractivity contribution in [2.75, 3.05) is 0 Å². The first-order valence-corrected chi connectivity index (χ1v) is 27.6. The molecule has 0 amide bonds. The van der Waals surface area contributed by atoms with Crippen molar-refractivity contribution < 1.29 is 19.5 Å². The van der Waals surface area contributed by atoms with Gasteiger partial charge in [-0.2, -0.15) is 0 Å². The molecule has 9 aromatic rings. The summed E-state index contributed by atoms with van der Waals surface area (Å²) in [6.45, 7) is 19.3. The summed E-state index contributed by atoms with van der Waals surface area (Å²) in [5.74, 6) is 0. The summed E-state index contributed by atoms with van der Waals surface area (Å²) in [6, 6.07) is 81.4. The number of benzene rings is 9. The fourth-order valence-electron chi connectivity index (χ4n) is 7.98. The second kappa shape index (κ2) is 24.8. The monoisotopic (exact) mass is 1020 g/mol. The average molecular weight is 1020 g/mol. The van der Waals surface area contributed by atoms with Crippen LogP contribution in [0.15, 0.2) is 218 Å². The molecule has 0 saturated heterocycles. The minimum atomic E-state index is -0.927. The molecule has 0 aliphatic carbocycles. The maximum atomic E-state index is 2.29. The van der Waals surface area contributed by atoms with Crippen molar-refractivity contribution in [3.05, 3.63) is 268 Å². The van der Waals surface area contributed by atoms with Gasteiger partial charge < -0.3 is 0 Å². The molecule has 0 heterocycles. The summed E-state index contributed by atoms with van der Waals surface area (Å²) in [4.78, 5) is 0. The van der Waals surface area contributed by atoms with Gasteiger partial charge in [-0.15, -0.1) is 0 Å². The Labute approximate surface area is 419 Å². The van der Waals surface area contributed by atoms with Crippen LogP contribution in [0.5, 0.6) is 0 Å². The van der Waals surface area contributed by atoms with Crippen LogP contribution in [0, 0.1) is 62.3 Å². The Balaban J connectivity index is 0.000000165. The van der Waals surface area contributed by atoms with E-state index in [-0.39, 0.29) is 19.5 Å². The van der Waals surface area contributed by atoms with Crippen molar-refractivity contribution in [3.8, 4) is 0 Å². The Kier molecular flexibility index (Phi) is 19.0. The Morgan fingerprint density at radius 3 is 0.299 bits per heavy atom. The molecule has 0 saturated carbocycles. The van der Waals surface area contributed by atoms with Crippen LogP contribution in [0.4, 0.5) is 0 Å². The Morgan fingerprint density at radius 2 is 0.224 bits per heavy atom. The van der Waals surface area contributed by atoms with Gasteiger partial charge in [0.15, 0.2) is 0 Å². The van der Waals surface area contributed by atoms with Crippen LogP contribution >= 0.6 is 23.8 Å². The van der Waals surface area contributed by atoms with Crippen molar-refractivity contribution in [2.24, 2.45) is 0 Å². The Hall–Kier alpha value is -5.11. The third-order valence-corrected chi connectivity index (χ3v) is 20.3. The normalized spacial score (nSPS) is 10.7. The fourth-order valence-corrected chi connectivity index (χ4v) is 15.5. The third kappa shape index (κ3) is 14.5. The quantitative estimate of drug-likeness (QED) is 0.0998. The Morgan fingerprint density at radius 1 is 0.149 bits per heavy atom. The van der Waals surface area contributed by atoms with E-state index in [1.54, 1.807) is 0 Å². The summed E-state index contributed by atoms with van der Waals surface area (Å²) >= 11 is 0. The van der Waals surface area contributed by atoms with E-state index in [0.29, 0.717) is 0 Å². The maximum Gasteiger partial charge on any atom is 0.102 e. The van der Waals surface area contributed by atoms with Gasteiger partial charge in [0, 0.05) is 19.5 Å². The van der Waals surface area contributed by atoms with Gasteiger partial charge in [-0.25, -0.2) is 0 Å². The second-order valence-corrected chi connectivity index (χ2v) is 25.4. The molecule has 0 aliphatic rings. The second-order valence-electron chi connectivity index (χ2n) is 17.9. The van der Waals surface area contributed by atoms with E-state index in [4.69, 9.17) is 0 Å². The van der Waals surface area contributed by atoms with Crippen molar-refractivity contribution in [1.82, 2.24) is 0 Å². The predicted molar refractivity (Wildman–Crippen MR) is 302 cm³/mol. The number of hydrogen-bond acceptors (Lipinski definition) is 0. The molecule has 0 bridgehead atoms. The van der Waals surface area contributed by atoms with Crippen LogP contribution in [0.1, 0.15) is 50.1 Å². The van der Waals surface area contributed by atoms with Gasteiger partial charge in [-0.3, -0.25) is 0 Å². The molecule has 0 atom stereocenters. The van der Waals surface area contributed by atoms with E-state index >= 15 is 0 Å². The third-order valence-electron chi connectivity index (χ3n) is 12.1. The first kappa shape index (κ1) is 51.3. The standard InChI is InChI=1S/3C21H21P.Rh/c3*1-16-4-10-19(11-5-16)22(20-12-6-17(2)7-13-20)21-14-8-18(3)9-15-21;/h3*4-15H,1-3H3;/p+3. The van der Waals surface area contributed by atoms with Gasteiger partial charge in [-0.05, 0) is 172 Å². The molecule has 0 aromatic heterocycles. The van der Waals surface area contributed by atoms with E-state index < -0.39 is 23.8 Å². The van der Waals surface area contributed by atoms with E-state index in [9.17, 15) is 0 Å². The topological polar surface area (TPSA) is 0 Å². The molecule has 0 unspecified atom stereocenters. The number of hydrogen-bond donors (Lipinski definition) is 0. The van der Waals surface area contributed by atoms with E-state index in [1.807, 2.05) is 0 Å². The van der Waals surface area contributed by atoms with E-state index in [1.165, 1.54) is 97.8 Å². The summed E-state index contributed by atoms with van der Waals surface area (Å²) in [5, 5.41) is 13.0. The van der Waals surface area contributed by atoms with Gasteiger partial charge >= 0.3 is 0 Å². The van der Waals surface area contributed by atoms with Crippen LogP contribution in [-0.4, -0.2) is 0 Å². The molecule has 0 spiro atoms. The fraction of sp³-hybridized carbons (Fsp3) is 0.143. The van der Waals surface area contributed by atoms with Crippen LogP contribution in [0.3, 0.4) is 0 Å². The van der Waals surface area contributed by atoms with Crippen molar-refractivity contribution in [1.29, 1.82) is 0 Å². The largest absolute Gasteiger partial charge is 0.102 e. The van der Waals surface area contributed by atoms with E-state index in [0.717, 1.165) is 0 Å². The minimum absolute atomic E-state index is 0. The van der Waals surface area contributed by atoms with Crippen LogP contribution < -0.4 is 47.7 Å². The average Bonchev–Trinajstić information content (AvgIpc) is 3.33. The minimum Gasteiger partial charge on any atom is -0.0554 e. The summed E-state index contributed by atoms with van der Waals surface area (Å²) in [7, 11) is -2.78. The zero-order valence-electron chi connectivity index (χ0n) is 40.6. The van der Waals surface area contributed by atoms with Gasteiger partial charge in [0.1, 0.15) is 47.7 Å². The van der Waals surface area contributed by atoms with Gasteiger partial charge in [-0.1, -0.05) is 159 Å². The van der Waals surface area contributed by atoms with Crippen LogP contribution in [0.25, 0.3) is 0 Å². The Bertz CT molecular complexity index is 2220. The molecule has 67 heavy (non-hydrogen) atoms. The molecule has 1 radical (unpaired) electrons. The first-order chi connectivity index (χ1) is 31.9. The molecule has 0 fully saturated rings. The molecule has 9 aromatic carbocycles.